The van der Waals surface area contributed by atoms with Gasteiger partial charge in [-0.2, -0.15) is 0 Å². The molecule has 3 nitrogen and oxygen atoms in total. The number of hydrogen-bond acceptors (Lipinski definition) is 3. The third-order valence-electron chi connectivity index (χ3n) is 4.41. The van der Waals surface area contributed by atoms with E-state index in [1.807, 2.05) is 6.92 Å². The van der Waals surface area contributed by atoms with Crippen molar-refractivity contribution in [2.75, 3.05) is 19.7 Å². The van der Waals surface area contributed by atoms with E-state index in [-0.39, 0.29) is 6.10 Å². The molecule has 0 aromatic carbocycles. The number of nitrogens with one attached hydrogen (secondary N) is 1. The lowest BCUT2D eigenvalue weighted by atomic mass is 9.83. The molecule has 1 aliphatic carbocycles. The van der Waals surface area contributed by atoms with Crippen LogP contribution in [0, 0.1) is 11.8 Å². The molecular formula is C15H27NO2. The van der Waals surface area contributed by atoms with Crippen LogP contribution in [0.1, 0.15) is 40.0 Å². The molecule has 18 heavy (non-hydrogen) atoms. The topological polar surface area (TPSA) is 41.5 Å². The van der Waals surface area contributed by atoms with Gasteiger partial charge < -0.3 is 15.2 Å². The number of rotatable bonds is 4. The molecule has 0 aromatic rings. The van der Waals surface area contributed by atoms with Crippen molar-refractivity contribution >= 4 is 0 Å². The second-order valence-electron chi connectivity index (χ2n) is 6.29. The Morgan fingerprint density at radius 1 is 1.50 bits per heavy atom. The van der Waals surface area contributed by atoms with Gasteiger partial charge in [0.1, 0.15) is 5.60 Å². The summed E-state index contributed by atoms with van der Waals surface area (Å²) in [4.78, 5) is 0. The summed E-state index contributed by atoms with van der Waals surface area (Å²) in [5.41, 5.74) is 0.849. The Morgan fingerprint density at radius 3 is 2.89 bits per heavy atom. The zero-order valence-corrected chi connectivity index (χ0v) is 11.9. The van der Waals surface area contributed by atoms with Crippen molar-refractivity contribution in [1.29, 1.82) is 0 Å². The maximum absolute atomic E-state index is 10.4. The maximum Gasteiger partial charge on any atom is 0.105 e. The molecule has 0 amide bonds. The fourth-order valence-corrected chi connectivity index (χ4v) is 3.34. The van der Waals surface area contributed by atoms with Gasteiger partial charge in [-0.25, -0.2) is 0 Å². The van der Waals surface area contributed by atoms with Gasteiger partial charge in [-0.15, -0.1) is 0 Å². The third kappa shape index (κ3) is 3.34. The second kappa shape index (κ2) is 5.72. The van der Waals surface area contributed by atoms with Crippen LogP contribution in [0.5, 0.6) is 0 Å². The summed E-state index contributed by atoms with van der Waals surface area (Å²) < 4.78 is 5.45. The summed E-state index contributed by atoms with van der Waals surface area (Å²) >= 11 is 0. The van der Waals surface area contributed by atoms with Gasteiger partial charge in [-0.1, -0.05) is 18.6 Å². The molecule has 3 heteroatoms. The van der Waals surface area contributed by atoms with E-state index in [0.717, 1.165) is 13.0 Å². The lowest BCUT2D eigenvalue weighted by Crippen LogP contribution is -2.47. The molecule has 0 radical (unpaired) electrons. The predicted molar refractivity (Wildman–Crippen MR) is 73.5 cm³/mol. The van der Waals surface area contributed by atoms with Crippen LogP contribution in [-0.4, -0.2) is 36.5 Å². The molecule has 1 aliphatic heterocycles. The van der Waals surface area contributed by atoms with Gasteiger partial charge >= 0.3 is 0 Å². The third-order valence-corrected chi connectivity index (χ3v) is 4.41. The Labute approximate surface area is 111 Å². The van der Waals surface area contributed by atoms with Crippen LogP contribution in [0.2, 0.25) is 0 Å². The molecule has 0 saturated carbocycles. The standard InChI is InChI=1S/C15H27NO2/c1-11-6-12(2)8-14(7-11)9-16-10-15(17)4-5-18-13(15)3/h6,11,13-14,16-17H,4-5,7-10H2,1-3H3. The van der Waals surface area contributed by atoms with Crippen LogP contribution in [0.3, 0.4) is 0 Å². The average Bonchev–Trinajstić information content (AvgIpc) is 2.58. The maximum atomic E-state index is 10.4. The smallest absolute Gasteiger partial charge is 0.105 e. The highest BCUT2D eigenvalue weighted by molar-refractivity contribution is 5.06. The summed E-state index contributed by atoms with van der Waals surface area (Å²) in [6, 6.07) is 0. The minimum Gasteiger partial charge on any atom is -0.386 e. The van der Waals surface area contributed by atoms with Crippen molar-refractivity contribution in [3.63, 3.8) is 0 Å². The van der Waals surface area contributed by atoms with Gasteiger partial charge in [-0.3, -0.25) is 0 Å². The van der Waals surface area contributed by atoms with Crippen molar-refractivity contribution in [2.24, 2.45) is 11.8 Å². The van der Waals surface area contributed by atoms with Crippen LogP contribution < -0.4 is 5.32 Å². The van der Waals surface area contributed by atoms with E-state index < -0.39 is 5.60 Å². The first-order valence-corrected chi connectivity index (χ1v) is 7.21. The fourth-order valence-electron chi connectivity index (χ4n) is 3.34. The molecule has 1 saturated heterocycles. The number of hydrogen-bond donors (Lipinski definition) is 2. The minimum atomic E-state index is -0.662. The Hall–Kier alpha value is -0.380. The molecule has 0 bridgehead atoms. The Balaban J connectivity index is 1.74. The lowest BCUT2D eigenvalue weighted by molar-refractivity contribution is -0.0265. The number of aliphatic hydroxyl groups is 1. The minimum absolute atomic E-state index is 0.0445. The van der Waals surface area contributed by atoms with Crippen LogP contribution >= 0.6 is 0 Å². The monoisotopic (exact) mass is 253 g/mol. The summed E-state index contributed by atoms with van der Waals surface area (Å²) in [6.07, 6.45) is 5.55. The summed E-state index contributed by atoms with van der Waals surface area (Å²) in [5.74, 6) is 1.41. The summed E-state index contributed by atoms with van der Waals surface area (Å²) in [7, 11) is 0. The van der Waals surface area contributed by atoms with Crippen molar-refractivity contribution in [2.45, 2.75) is 51.7 Å². The quantitative estimate of drug-likeness (QED) is 0.754. The van der Waals surface area contributed by atoms with Crippen molar-refractivity contribution in [3.05, 3.63) is 11.6 Å². The van der Waals surface area contributed by atoms with E-state index >= 15 is 0 Å². The van der Waals surface area contributed by atoms with Crippen LogP contribution in [0.25, 0.3) is 0 Å². The molecule has 2 rings (SSSR count). The van der Waals surface area contributed by atoms with Gasteiger partial charge in [0.15, 0.2) is 0 Å². The zero-order chi connectivity index (χ0) is 13.2. The van der Waals surface area contributed by atoms with Crippen LogP contribution in [0.4, 0.5) is 0 Å². The average molecular weight is 253 g/mol. The molecule has 2 aliphatic rings. The summed E-state index contributed by atoms with van der Waals surface area (Å²) in [5, 5.41) is 13.8. The van der Waals surface area contributed by atoms with Crippen molar-refractivity contribution in [1.82, 2.24) is 5.32 Å². The first kappa shape index (κ1) is 14.0. The highest BCUT2D eigenvalue weighted by atomic mass is 16.5. The van der Waals surface area contributed by atoms with Crippen molar-refractivity contribution in [3.8, 4) is 0 Å². The molecular weight excluding hydrogens is 226 g/mol. The highest BCUT2D eigenvalue weighted by Crippen LogP contribution is 2.28. The zero-order valence-electron chi connectivity index (χ0n) is 11.9. The van der Waals surface area contributed by atoms with Gasteiger partial charge in [0.2, 0.25) is 0 Å². The Bertz CT molecular complexity index is 316. The SMILES string of the molecule is CC1=CC(C)CC(CNCC2(O)CCOC2C)C1. The second-order valence-corrected chi connectivity index (χ2v) is 6.29. The van der Waals surface area contributed by atoms with E-state index in [2.05, 4.69) is 25.2 Å². The first-order chi connectivity index (χ1) is 8.49. The number of allylic oxidation sites excluding steroid dienone is 2. The van der Waals surface area contributed by atoms with E-state index in [9.17, 15) is 5.11 Å². The highest BCUT2D eigenvalue weighted by Gasteiger charge is 2.39. The molecule has 1 heterocycles. The lowest BCUT2D eigenvalue weighted by Gasteiger charge is -2.29. The molecule has 1 fully saturated rings. The number of ether oxygens (including phenoxy) is 1. The van der Waals surface area contributed by atoms with E-state index in [1.54, 1.807) is 0 Å². The Kier molecular flexibility index (Phi) is 4.46. The van der Waals surface area contributed by atoms with E-state index in [0.29, 0.717) is 25.0 Å². The van der Waals surface area contributed by atoms with Crippen LogP contribution in [-0.2, 0) is 4.74 Å². The van der Waals surface area contributed by atoms with Gasteiger partial charge in [0, 0.05) is 19.6 Å². The largest absolute Gasteiger partial charge is 0.386 e. The Morgan fingerprint density at radius 2 is 2.28 bits per heavy atom. The predicted octanol–water partition coefficient (Wildman–Crippen LogP) is 2.11. The van der Waals surface area contributed by atoms with E-state index in [1.165, 1.54) is 18.4 Å². The van der Waals surface area contributed by atoms with Crippen LogP contribution in [0.15, 0.2) is 11.6 Å². The van der Waals surface area contributed by atoms with E-state index in [4.69, 9.17) is 4.74 Å². The molecule has 2 N–H and O–H groups in total. The summed E-state index contributed by atoms with van der Waals surface area (Å²) in [6.45, 7) is 8.82. The van der Waals surface area contributed by atoms with Gasteiger partial charge in [0.05, 0.1) is 6.10 Å². The van der Waals surface area contributed by atoms with Gasteiger partial charge in [-0.05, 0) is 45.1 Å². The van der Waals surface area contributed by atoms with Gasteiger partial charge in [0.25, 0.3) is 0 Å². The molecule has 0 aromatic heterocycles. The molecule has 4 unspecified atom stereocenters. The molecule has 4 atom stereocenters. The molecule has 104 valence electrons. The van der Waals surface area contributed by atoms with Crippen molar-refractivity contribution < 1.29 is 9.84 Å². The molecule has 0 spiro atoms. The normalized spacial score (nSPS) is 40.9. The first-order valence-electron chi connectivity index (χ1n) is 7.21. The fraction of sp³-hybridized carbons (Fsp3) is 0.867.